The molecule has 1 aliphatic rings. The van der Waals surface area contributed by atoms with E-state index in [0.717, 1.165) is 10.5 Å². The van der Waals surface area contributed by atoms with Gasteiger partial charge in [0, 0.05) is 27.5 Å². The minimum Gasteiger partial charge on any atom is -0.312 e. The largest absolute Gasteiger partial charge is 0.312 e. The summed E-state index contributed by atoms with van der Waals surface area (Å²) in [6.45, 7) is 11.4. The highest BCUT2D eigenvalue weighted by atomic mass is 32.2. The smallest absolute Gasteiger partial charge is 0.0449 e. The Morgan fingerprint density at radius 2 is 1.70 bits per heavy atom. The maximum Gasteiger partial charge on any atom is 0.0449 e. The van der Waals surface area contributed by atoms with Crippen LogP contribution in [0.3, 0.4) is 0 Å². The highest BCUT2D eigenvalue weighted by Gasteiger charge is 2.32. The first kappa shape index (κ1) is 16.3. The Balaban J connectivity index is 2.26. The Morgan fingerprint density at radius 3 is 2.30 bits per heavy atom. The molecule has 1 N–H and O–H groups in total. The summed E-state index contributed by atoms with van der Waals surface area (Å²) in [5.41, 5.74) is 5.70. The average Bonchev–Trinajstić information content (AvgIpc) is 2.40. The lowest BCUT2D eigenvalue weighted by Gasteiger charge is -2.36. The van der Waals surface area contributed by atoms with Crippen molar-refractivity contribution in [1.82, 2.24) is 5.32 Å². The van der Waals surface area contributed by atoms with Gasteiger partial charge < -0.3 is 5.32 Å². The average molecular weight is 310 g/mol. The van der Waals surface area contributed by atoms with E-state index < -0.39 is 0 Å². The molecule has 1 saturated heterocycles. The van der Waals surface area contributed by atoms with Crippen LogP contribution in [0.1, 0.15) is 42.1 Å². The summed E-state index contributed by atoms with van der Waals surface area (Å²) in [6, 6.07) is 5.18. The molecule has 1 nitrogen and oxygen atoms in total. The summed E-state index contributed by atoms with van der Waals surface area (Å²) in [7, 11) is 2.10. The summed E-state index contributed by atoms with van der Waals surface area (Å²) < 4.78 is 0. The van der Waals surface area contributed by atoms with Crippen LogP contribution in [-0.4, -0.2) is 28.6 Å². The van der Waals surface area contributed by atoms with E-state index in [-0.39, 0.29) is 0 Å². The van der Waals surface area contributed by atoms with Crippen LogP contribution in [0, 0.1) is 20.8 Å². The molecular formula is C17H27NS2. The molecule has 20 heavy (non-hydrogen) atoms. The summed E-state index contributed by atoms with van der Waals surface area (Å²) in [4.78, 5) is 0. The van der Waals surface area contributed by atoms with Gasteiger partial charge in [0.1, 0.15) is 0 Å². The van der Waals surface area contributed by atoms with Crippen LogP contribution >= 0.6 is 23.5 Å². The number of hydrogen-bond acceptors (Lipinski definition) is 3. The van der Waals surface area contributed by atoms with Gasteiger partial charge in [0.25, 0.3) is 0 Å². The molecule has 1 aromatic rings. The monoisotopic (exact) mass is 309 g/mol. The lowest BCUT2D eigenvalue weighted by Crippen LogP contribution is -2.36. The quantitative estimate of drug-likeness (QED) is 0.883. The standard InChI is InChI=1S/C17H27NS2/c1-10-7-12(3)15(8-11(10)2)17(18-6)16-9-19-13(4)14(5)20-16/h7-8,13-14,16-18H,9H2,1-6H3. The lowest BCUT2D eigenvalue weighted by molar-refractivity contribution is 0.584. The van der Waals surface area contributed by atoms with Crippen LogP contribution in [0.2, 0.25) is 0 Å². The first-order valence-corrected chi connectivity index (χ1v) is 9.45. The molecule has 1 fully saturated rings. The molecule has 1 aromatic carbocycles. The summed E-state index contributed by atoms with van der Waals surface area (Å²) in [5, 5.41) is 5.75. The van der Waals surface area contributed by atoms with Gasteiger partial charge in [-0.05, 0) is 50.1 Å². The van der Waals surface area contributed by atoms with Crippen LogP contribution in [0.25, 0.3) is 0 Å². The van der Waals surface area contributed by atoms with Gasteiger partial charge in [-0.1, -0.05) is 26.0 Å². The molecule has 1 heterocycles. The van der Waals surface area contributed by atoms with E-state index in [4.69, 9.17) is 0 Å². The van der Waals surface area contributed by atoms with E-state index in [2.05, 4.69) is 82.6 Å². The minimum absolute atomic E-state index is 0.460. The molecule has 0 spiro atoms. The third-order valence-corrected chi connectivity index (χ3v) is 7.97. The fourth-order valence-electron chi connectivity index (χ4n) is 2.84. The molecule has 3 heteroatoms. The zero-order valence-corrected chi connectivity index (χ0v) is 15.1. The summed E-state index contributed by atoms with van der Waals surface area (Å²) in [5.74, 6) is 1.24. The number of rotatable bonds is 3. The Labute approximate surface area is 132 Å². The molecule has 4 atom stereocenters. The second kappa shape index (κ2) is 6.76. The fraction of sp³-hybridized carbons (Fsp3) is 0.647. The van der Waals surface area contributed by atoms with Crippen molar-refractivity contribution in [2.24, 2.45) is 0 Å². The van der Waals surface area contributed by atoms with Gasteiger partial charge in [-0.25, -0.2) is 0 Å². The molecular weight excluding hydrogens is 282 g/mol. The first-order chi connectivity index (χ1) is 9.43. The van der Waals surface area contributed by atoms with Gasteiger partial charge in [0.2, 0.25) is 0 Å². The van der Waals surface area contributed by atoms with E-state index >= 15 is 0 Å². The van der Waals surface area contributed by atoms with Crippen molar-refractivity contribution in [3.05, 3.63) is 34.4 Å². The van der Waals surface area contributed by atoms with Crippen molar-refractivity contribution in [1.29, 1.82) is 0 Å². The highest BCUT2D eigenvalue weighted by Crippen LogP contribution is 2.41. The van der Waals surface area contributed by atoms with Gasteiger partial charge in [-0.15, -0.1) is 0 Å². The molecule has 1 aliphatic heterocycles. The third kappa shape index (κ3) is 3.37. The van der Waals surface area contributed by atoms with E-state index in [1.165, 1.54) is 28.0 Å². The zero-order chi connectivity index (χ0) is 14.9. The summed E-state index contributed by atoms with van der Waals surface area (Å²) in [6.07, 6.45) is 0. The predicted octanol–water partition coefficient (Wildman–Crippen LogP) is 4.50. The van der Waals surface area contributed by atoms with Gasteiger partial charge in [-0.2, -0.15) is 23.5 Å². The van der Waals surface area contributed by atoms with Gasteiger partial charge in [-0.3, -0.25) is 0 Å². The molecule has 0 amide bonds. The van der Waals surface area contributed by atoms with E-state index in [1.807, 2.05) is 0 Å². The number of hydrogen-bond donors (Lipinski definition) is 1. The molecule has 0 radical (unpaired) electrons. The highest BCUT2D eigenvalue weighted by molar-refractivity contribution is 8.07. The zero-order valence-electron chi connectivity index (χ0n) is 13.5. The number of benzene rings is 1. The Morgan fingerprint density at radius 1 is 1.05 bits per heavy atom. The topological polar surface area (TPSA) is 12.0 Å². The molecule has 2 rings (SSSR count). The van der Waals surface area contributed by atoms with Crippen molar-refractivity contribution >= 4 is 23.5 Å². The van der Waals surface area contributed by atoms with Crippen molar-refractivity contribution in [3.8, 4) is 0 Å². The van der Waals surface area contributed by atoms with Crippen LogP contribution in [-0.2, 0) is 0 Å². The predicted molar refractivity (Wildman–Crippen MR) is 95.2 cm³/mol. The van der Waals surface area contributed by atoms with E-state index in [9.17, 15) is 0 Å². The summed E-state index contributed by atoms with van der Waals surface area (Å²) >= 11 is 4.28. The fourth-order valence-corrected chi connectivity index (χ4v) is 5.99. The van der Waals surface area contributed by atoms with Crippen LogP contribution < -0.4 is 5.32 Å². The Kier molecular flexibility index (Phi) is 5.49. The minimum atomic E-state index is 0.460. The Bertz CT molecular complexity index is 472. The van der Waals surface area contributed by atoms with Crippen LogP contribution in [0.15, 0.2) is 12.1 Å². The van der Waals surface area contributed by atoms with Gasteiger partial charge in [0.15, 0.2) is 0 Å². The molecule has 112 valence electrons. The first-order valence-electron chi connectivity index (χ1n) is 7.46. The molecule has 0 aliphatic carbocycles. The molecule has 0 saturated carbocycles. The van der Waals surface area contributed by atoms with Crippen LogP contribution in [0.4, 0.5) is 0 Å². The van der Waals surface area contributed by atoms with E-state index in [1.54, 1.807) is 0 Å². The van der Waals surface area contributed by atoms with Gasteiger partial charge >= 0.3 is 0 Å². The number of thioether (sulfide) groups is 2. The SMILES string of the molecule is CNC(c1cc(C)c(C)cc1C)C1CSC(C)C(C)S1. The normalized spacial score (nSPS) is 28.4. The third-order valence-electron chi connectivity index (χ3n) is 4.47. The maximum atomic E-state index is 3.58. The molecule has 0 bridgehead atoms. The van der Waals surface area contributed by atoms with Crippen molar-refractivity contribution in [3.63, 3.8) is 0 Å². The lowest BCUT2D eigenvalue weighted by atomic mass is 9.94. The van der Waals surface area contributed by atoms with Crippen molar-refractivity contribution in [2.75, 3.05) is 12.8 Å². The van der Waals surface area contributed by atoms with Crippen molar-refractivity contribution in [2.45, 2.75) is 56.4 Å². The number of aryl methyl sites for hydroxylation is 3. The van der Waals surface area contributed by atoms with Gasteiger partial charge in [0.05, 0.1) is 0 Å². The number of nitrogens with one attached hydrogen (secondary N) is 1. The van der Waals surface area contributed by atoms with Crippen LogP contribution in [0.5, 0.6) is 0 Å². The molecule has 4 unspecified atom stereocenters. The van der Waals surface area contributed by atoms with Crippen molar-refractivity contribution < 1.29 is 0 Å². The second-order valence-corrected chi connectivity index (χ2v) is 9.01. The van der Waals surface area contributed by atoms with E-state index in [0.29, 0.717) is 11.3 Å². The Hall–Kier alpha value is -0.120. The maximum absolute atomic E-state index is 3.58. The second-order valence-electron chi connectivity index (χ2n) is 5.98. The molecule has 0 aromatic heterocycles.